The molecule has 0 radical (unpaired) electrons. The average molecular weight is 510 g/mol. The van der Waals surface area contributed by atoms with Crippen LogP contribution < -0.4 is 4.72 Å². The first-order valence-electron chi connectivity index (χ1n) is 7.62. The number of hydrogen-bond donors (Lipinski definition) is 1. The standard InChI is InChI=1S/C15H18Br2N4O4S/c1-20(2)15(22)25-8-12-6-11(7-21(12)9-18)19-26(23,24)14-5-10(16)3-4-13(14)17/h3-5,11-12,19H,6-8H2,1-2H3/t11-,12-/m1/s1. The molecule has 2 atom stereocenters. The van der Waals surface area contributed by atoms with Crippen LogP contribution in [0.5, 0.6) is 0 Å². The quantitative estimate of drug-likeness (QED) is 0.610. The first-order chi connectivity index (χ1) is 12.1. The lowest BCUT2D eigenvalue weighted by Crippen LogP contribution is -2.36. The molecule has 2 rings (SSSR count). The highest BCUT2D eigenvalue weighted by Gasteiger charge is 2.35. The van der Waals surface area contributed by atoms with Crippen LogP contribution in [0.25, 0.3) is 0 Å². The van der Waals surface area contributed by atoms with Crippen LogP contribution in [0.4, 0.5) is 4.79 Å². The van der Waals surface area contributed by atoms with Crippen LogP contribution in [0.1, 0.15) is 6.42 Å². The summed E-state index contributed by atoms with van der Waals surface area (Å²) in [4.78, 5) is 14.4. The van der Waals surface area contributed by atoms with Gasteiger partial charge in [0.25, 0.3) is 0 Å². The maximum atomic E-state index is 12.7. The van der Waals surface area contributed by atoms with Crippen molar-refractivity contribution in [1.82, 2.24) is 14.5 Å². The molecule has 1 fully saturated rings. The van der Waals surface area contributed by atoms with Crippen LogP contribution in [-0.4, -0.2) is 63.6 Å². The number of halogens is 2. The fourth-order valence-electron chi connectivity index (χ4n) is 2.55. The van der Waals surface area contributed by atoms with Gasteiger partial charge in [-0.3, -0.25) is 0 Å². The fourth-order valence-corrected chi connectivity index (χ4v) is 5.29. The largest absolute Gasteiger partial charge is 0.447 e. The van der Waals surface area contributed by atoms with Crippen molar-refractivity contribution in [3.63, 3.8) is 0 Å². The fraction of sp³-hybridized carbons (Fsp3) is 0.467. The zero-order valence-corrected chi connectivity index (χ0v) is 18.1. The molecule has 0 spiro atoms. The first kappa shape index (κ1) is 21.0. The van der Waals surface area contributed by atoms with Gasteiger partial charge in [-0.15, -0.1) is 0 Å². The van der Waals surface area contributed by atoms with Crippen molar-refractivity contribution in [3.8, 4) is 6.19 Å². The highest BCUT2D eigenvalue weighted by atomic mass is 79.9. The Kier molecular flexibility index (Phi) is 6.90. The molecule has 11 heteroatoms. The average Bonchev–Trinajstić information content (AvgIpc) is 2.95. The van der Waals surface area contributed by atoms with Crippen LogP contribution in [0, 0.1) is 11.5 Å². The number of carbonyl (C=O) groups is 1. The Bertz CT molecular complexity index is 825. The third-order valence-corrected chi connectivity index (χ3v) is 6.82. The molecule has 1 aliphatic rings. The predicted molar refractivity (Wildman–Crippen MR) is 102 cm³/mol. The van der Waals surface area contributed by atoms with Crippen molar-refractivity contribution in [2.45, 2.75) is 23.4 Å². The molecular weight excluding hydrogens is 492 g/mol. The molecule has 1 aliphatic heterocycles. The molecule has 0 aromatic heterocycles. The van der Waals surface area contributed by atoms with E-state index < -0.39 is 22.2 Å². The second-order valence-electron chi connectivity index (χ2n) is 6.01. The summed E-state index contributed by atoms with van der Waals surface area (Å²) >= 11 is 6.50. The van der Waals surface area contributed by atoms with E-state index in [1.165, 1.54) is 15.9 Å². The Labute approximate surface area is 169 Å². The number of hydrogen-bond acceptors (Lipinski definition) is 6. The molecule has 0 saturated carbocycles. The van der Waals surface area contributed by atoms with Crippen molar-refractivity contribution < 1.29 is 17.9 Å². The van der Waals surface area contributed by atoms with Crippen molar-refractivity contribution in [3.05, 3.63) is 27.1 Å². The van der Waals surface area contributed by atoms with E-state index in [4.69, 9.17) is 4.74 Å². The number of carbonyl (C=O) groups excluding carboxylic acids is 1. The second-order valence-corrected chi connectivity index (χ2v) is 9.46. The van der Waals surface area contributed by atoms with Gasteiger partial charge in [0, 0.05) is 35.6 Å². The lowest BCUT2D eigenvalue weighted by atomic mass is 10.2. The smallest absolute Gasteiger partial charge is 0.409 e. The Morgan fingerprint density at radius 3 is 2.77 bits per heavy atom. The summed E-state index contributed by atoms with van der Waals surface area (Å²) in [5, 5.41) is 9.26. The van der Waals surface area contributed by atoms with Gasteiger partial charge < -0.3 is 14.5 Å². The Morgan fingerprint density at radius 1 is 1.46 bits per heavy atom. The molecule has 1 amide bonds. The SMILES string of the molecule is CN(C)C(=O)OC[C@H]1C[C@@H](NS(=O)(=O)c2cc(Br)ccc2Br)CN1C#N. The first-order valence-corrected chi connectivity index (χ1v) is 10.7. The minimum absolute atomic E-state index is 0.0172. The van der Waals surface area contributed by atoms with Gasteiger partial charge in [0.15, 0.2) is 6.19 Å². The molecule has 1 saturated heterocycles. The van der Waals surface area contributed by atoms with Gasteiger partial charge in [-0.25, -0.2) is 17.9 Å². The molecule has 26 heavy (non-hydrogen) atoms. The van der Waals surface area contributed by atoms with E-state index in [-0.39, 0.29) is 24.1 Å². The molecule has 142 valence electrons. The molecule has 8 nitrogen and oxygen atoms in total. The molecule has 1 heterocycles. The lowest BCUT2D eigenvalue weighted by molar-refractivity contribution is 0.0978. The van der Waals surface area contributed by atoms with E-state index in [2.05, 4.69) is 36.6 Å². The molecule has 1 aromatic carbocycles. The van der Waals surface area contributed by atoms with E-state index in [0.29, 0.717) is 15.4 Å². The zero-order valence-electron chi connectivity index (χ0n) is 14.1. The number of sulfonamides is 1. The monoisotopic (exact) mass is 508 g/mol. The molecular formula is C15H18Br2N4O4S. The summed E-state index contributed by atoms with van der Waals surface area (Å²) in [6.45, 7) is 0.231. The topological polar surface area (TPSA) is 103 Å². The lowest BCUT2D eigenvalue weighted by Gasteiger charge is -2.19. The summed E-state index contributed by atoms with van der Waals surface area (Å²) in [7, 11) is -0.653. The summed E-state index contributed by atoms with van der Waals surface area (Å²) in [5.41, 5.74) is 0. The van der Waals surface area contributed by atoms with E-state index in [1.807, 2.05) is 6.19 Å². The summed E-state index contributed by atoms with van der Waals surface area (Å²) in [5.74, 6) is 0. The molecule has 0 aliphatic carbocycles. The molecule has 0 bridgehead atoms. The third-order valence-electron chi connectivity index (χ3n) is 3.81. The van der Waals surface area contributed by atoms with Gasteiger partial charge in [-0.05, 0) is 40.5 Å². The second kappa shape index (κ2) is 8.56. The van der Waals surface area contributed by atoms with Crippen LogP contribution >= 0.6 is 31.9 Å². The number of nitrogens with zero attached hydrogens (tertiary/aromatic N) is 3. The maximum absolute atomic E-state index is 12.7. The normalized spacial score (nSPS) is 19.9. The van der Waals surface area contributed by atoms with Crippen molar-refractivity contribution in [2.75, 3.05) is 27.2 Å². The number of rotatable bonds is 5. The van der Waals surface area contributed by atoms with E-state index in [1.54, 1.807) is 26.2 Å². The van der Waals surface area contributed by atoms with Crippen LogP contribution in [-0.2, 0) is 14.8 Å². The van der Waals surface area contributed by atoms with Crippen LogP contribution in [0.15, 0.2) is 32.0 Å². The molecule has 0 unspecified atom stereocenters. The van der Waals surface area contributed by atoms with Crippen LogP contribution in [0.3, 0.4) is 0 Å². The number of likely N-dealkylation sites (tertiary alicyclic amines) is 1. The minimum Gasteiger partial charge on any atom is -0.447 e. The Morgan fingerprint density at radius 2 is 2.15 bits per heavy atom. The van der Waals surface area contributed by atoms with Gasteiger partial charge in [0.05, 0.1) is 10.9 Å². The predicted octanol–water partition coefficient (Wildman–Crippen LogP) is 2.11. The number of ether oxygens (including phenoxy) is 1. The van der Waals surface area contributed by atoms with Gasteiger partial charge in [0.1, 0.15) is 6.61 Å². The number of amides is 1. The molecule has 1 N–H and O–H groups in total. The van der Waals surface area contributed by atoms with Gasteiger partial charge in [-0.2, -0.15) is 5.26 Å². The number of nitriles is 1. The van der Waals surface area contributed by atoms with E-state index in [9.17, 15) is 18.5 Å². The highest BCUT2D eigenvalue weighted by molar-refractivity contribution is 9.11. The summed E-state index contributed by atoms with van der Waals surface area (Å²) in [6, 6.07) is 4.03. The van der Waals surface area contributed by atoms with Crippen molar-refractivity contribution >= 4 is 48.0 Å². The van der Waals surface area contributed by atoms with E-state index in [0.717, 1.165) is 0 Å². The summed E-state index contributed by atoms with van der Waals surface area (Å²) in [6.07, 6.45) is 1.87. The summed E-state index contributed by atoms with van der Waals surface area (Å²) < 4.78 is 34.2. The zero-order chi connectivity index (χ0) is 19.5. The Hall–Kier alpha value is -1.35. The number of benzene rings is 1. The van der Waals surface area contributed by atoms with Crippen molar-refractivity contribution in [2.24, 2.45) is 0 Å². The van der Waals surface area contributed by atoms with Gasteiger partial charge in [0.2, 0.25) is 10.0 Å². The Balaban J connectivity index is 2.07. The number of nitrogens with one attached hydrogen (secondary N) is 1. The molecule has 1 aromatic rings. The van der Waals surface area contributed by atoms with E-state index >= 15 is 0 Å². The minimum atomic E-state index is -3.78. The van der Waals surface area contributed by atoms with Gasteiger partial charge in [-0.1, -0.05) is 15.9 Å². The third kappa shape index (κ3) is 5.09. The highest BCUT2D eigenvalue weighted by Crippen LogP contribution is 2.27. The van der Waals surface area contributed by atoms with Crippen LogP contribution in [0.2, 0.25) is 0 Å². The van der Waals surface area contributed by atoms with Gasteiger partial charge >= 0.3 is 6.09 Å². The maximum Gasteiger partial charge on any atom is 0.409 e. The van der Waals surface area contributed by atoms with Crippen molar-refractivity contribution in [1.29, 1.82) is 5.26 Å².